The number of nitrogens with zero attached hydrogens (tertiary/aromatic N) is 2. The number of allylic oxidation sites excluding steroid dienone is 1. The first-order chi connectivity index (χ1) is 15.4. The predicted octanol–water partition coefficient (Wildman–Crippen LogP) is 2.01. The monoisotopic (exact) mass is 432 g/mol. The maximum absolute atomic E-state index is 12.6. The molecule has 0 atom stereocenters. The van der Waals surface area contributed by atoms with E-state index >= 15 is 0 Å². The summed E-state index contributed by atoms with van der Waals surface area (Å²) in [6.45, 7) is 4.36. The number of anilines is 2. The van der Waals surface area contributed by atoms with Crippen LogP contribution in [0.5, 0.6) is 0 Å². The van der Waals surface area contributed by atoms with Gasteiger partial charge in [-0.15, -0.1) is 0 Å². The summed E-state index contributed by atoms with van der Waals surface area (Å²) in [4.78, 5) is 52.3. The molecule has 0 unspecified atom stereocenters. The highest BCUT2D eigenvalue weighted by Gasteiger charge is 2.24. The number of amides is 3. The van der Waals surface area contributed by atoms with Crippen molar-refractivity contribution in [3.05, 3.63) is 65.7 Å². The second-order valence-corrected chi connectivity index (χ2v) is 7.83. The number of benzene rings is 2. The van der Waals surface area contributed by atoms with E-state index < -0.39 is 0 Å². The van der Waals surface area contributed by atoms with Crippen LogP contribution in [-0.4, -0.2) is 66.0 Å². The van der Waals surface area contributed by atoms with Crippen molar-refractivity contribution in [2.24, 2.45) is 0 Å². The molecule has 1 saturated heterocycles. The van der Waals surface area contributed by atoms with Crippen LogP contribution in [0.2, 0.25) is 0 Å². The second kappa shape index (κ2) is 9.15. The molecule has 2 aliphatic rings. The quantitative estimate of drug-likeness (QED) is 0.556. The highest BCUT2D eigenvalue weighted by atomic mass is 16.2. The third kappa shape index (κ3) is 4.76. The summed E-state index contributed by atoms with van der Waals surface area (Å²) in [5.74, 6) is -0.681. The van der Waals surface area contributed by atoms with Crippen molar-refractivity contribution in [2.45, 2.75) is 6.92 Å². The van der Waals surface area contributed by atoms with Gasteiger partial charge in [-0.05, 0) is 36.4 Å². The van der Waals surface area contributed by atoms with Crippen LogP contribution in [-0.2, 0) is 14.4 Å². The predicted molar refractivity (Wildman–Crippen MR) is 121 cm³/mol. The van der Waals surface area contributed by atoms with Crippen LogP contribution in [0.1, 0.15) is 22.8 Å². The molecule has 0 radical (unpaired) electrons. The molecule has 32 heavy (non-hydrogen) atoms. The third-order valence-electron chi connectivity index (χ3n) is 5.62. The van der Waals surface area contributed by atoms with Crippen LogP contribution < -0.4 is 10.6 Å². The average molecular weight is 432 g/mol. The van der Waals surface area contributed by atoms with Gasteiger partial charge in [0.05, 0.1) is 12.1 Å². The summed E-state index contributed by atoms with van der Waals surface area (Å²) >= 11 is 0. The molecule has 0 aromatic heterocycles. The number of fused-ring (bicyclic) bond motifs is 1. The Morgan fingerprint density at radius 3 is 2.38 bits per heavy atom. The molecule has 2 N–H and O–H groups in total. The first-order valence-electron chi connectivity index (χ1n) is 10.5. The smallest absolute Gasteiger partial charge is 0.256 e. The largest absolute Gasteiger partial charge is 0.340 e. The zero-order chi connectivity index (χ0) is 22.7. The lowest BCUT2D eigenvalue weighted by Gasteiger charge is -2.33. The molecule has 2 heterocycles. The lowest BCUT2D eigenvalue weighted by atomic mass is 10.0. The molecule has 2 aromatic rings. The molecule has 0 spiro atoms. The molecule has 0 saturated carbocycles. The van der Waals surface area contributed by atoms with Gasteiger partial charge in [0.15, 0.2) is 5.78 Å². The van der Waals surface area contributed by atoms with Crippen LogP contribution >= 0.6 is 0 Å². The maximum Gasteiger partial charge on any atom is 0.256 e. The molecule has 4 rings (SSSR count). The van der Waals surface area contributed by atoms with Crippen LogP contribution in [0.15, 0.2) is 54.6 Å². The molecular weight excluding hydrogens is 408 g/mol. The minimum absolute atomic E-state index is 0.0529. The Morgan fingerprint density at radius 2 is 1.69 bits per heavy atom. The molecule has 1 fully saturated rings. The minimum atomic E-state index is -0.299. The summed E-state index contributed by atoms with van der Waals surface area (Å²) in [6, 6.07) is 13.8. The number of ketones is 1. The van der Waals surface area contributed by atoms with E-state index in [0.29, 0.717) is 54.3 Å². The van der Waals surface area contributed by atoms with E-state index in [2.05, 4.69) is 10.6 Å². The highest BCUT2D eigenvalue weighted by molar-refractivity contribution is 6.35. The van der Waals surface area contributed by atoms with E-state index in [1.165, 1.54) is 6.08 Å². The first kappa shape index (κ1) is 21.5. The fourth-order valence-corrected chi connectivity index (χ4v) is 3.84. The molecule has 0 bridgehead atoms. The van der Waals surface area contributed by atoms with Crippen LogP contribution in [0.4, 0.5) is 11.4 Å². The number of para-hydroxylation sites is 1. The van der Waals surface area contributed by atoms with Crippen molar-refractivity contribution in [1.29, 1.82) is 0 Å². The average Bonchev–Trinajstić information content (AvgIpc) is 3.09. The lowest BCUT2D eigenvalue weighted by molar-refractivity contribution is -0.130. The van der Waals surface area contributed by atoms with Gasteiger partial charge in [0.1, 0.15) is 0 Å². The Labute approximate surface area is 185 Å². The molecule has 0 aliphatic carbocycles. The number of rotatable bonds is 5. The van der Waals surface area contributed by atoms with Crippen molar-refractivity contribution in [3.8, 4) is 0 Å². The fourth-order valence-electron chi connectivity index (χ4n) is 3.84. The van der Waals surface area contributed by atoms with Crippen LogP contribution in [0.3, 0.4) is 0 Å². The number of hydrogen-bond donors (Lipinski definition) is 2. The topological polar surface area (TPSA) is 98.8 Å². The highest BCUT2D eigenvalue weighted by Crippen LogP contribution is 2.31. The summed E-state index contributed by atoms with van der Waals surface area (Å²) in [7, 11) is 0. The Kier molecular flexibility index (Phi) is 6.13. The van der Waals surface area contributed by atoms with Gasteiger partial charge in [-0.1, -0.05) is 18.2 Å². The summed E-state index contributed by atoms with van der Waals surface area (Å²) in [5, 5.41) is 5.58. The number of nitrogens with one attached hydrogen (secondary N) is 2. The van der Waals surface area contributed by atoms with Gasteiger partial charge in [-0.3, -0.25) is 24.1 Å². The van der Waals surface area contributed by atoms with Crippen molar-refractivity contribution in [3.63, 3.8) is 0 Å². The number of carbonyl (C=O) groups excluding carboxylic acids is 4. The Balaban J connectivity index is 1.34. The van der Waals surface area contributed by atoms with Gasteiger partial charge >= 0.3 is 0 Å². The number of hydrogen-bond acceptors (Lipinski definition) is 5. The number of carbonyl (C=O) groups is 4. The van der Waals surface area contributed by atoms with Gasteiger partial charge < -0.3 is 15.5 Å². The summed E-state index contributed by atoms with van der Waals surface area (Å²) < 4.78 is 0. The first-order valence-corrected chi connectivity index (χ1v) is 10.5. The molecule has 2 aliphatic heterocycles. The molecule has 8 nitrogen and oxygen atoms in total. The van der Waals surface area contributed by atoms with E-state index in [-0.39, 0.29) is 30.0 Å². The lowest BCUT2D eigenvalue weighted by Crippen LogP contribution is -2.49. The van der Waals surface area contributed by atoms with Crippen molar-refractivity contribution in [2.75, 3.05) is 43.4 Å². The molecule has 8 heteroatoms. The van der Waals surface area contributed by atoms with E-state index in [9.17, 15) is 19.2 Å². The standard InChI is InChI=1S/C24H24N4O4/c1-16(29)28-12-10-27(11-13-28)15-23(31)25-18-8-6-17(7-9-18)22(30)14-20-19-4-2-3-5-21(19)26-24(20)32/h2-9,14H,10-13,15H2,1H3,(H,25,31)(H,26,32)/b20-14-. The zero-order valence-electron chi connectivity index (χ0n) is 17.8. The minimum Gasteiger partial charge on any atom is -0.340 e. The van der Waals surface area contributed by atoms with E-state index in [1.54, 1.807) is 48.2 Å². The normalized spacial score (nSPS) is 17.1. The summed E-state index contributed by atoms with van der Waals surface area (Å²) in [5.41, 5.74) is 2.75. The Hall–Kier alpha value is -3.78. The van der Waals surface area contributed by atoms with Crippen molar-refractivity contribution >= 4 is 40.5 Å². The fraction of sp³-hybridized carbons (Fsp3) is 0.250. The Morgan fingerprint density at radius 1 is 1.00 bits per heavy atom. The van der Waals surface area contributed by atoms with E-state index in [1.807, 2.05) is 17.0 Å². The van der Waals surface area contributed by atoms with E-state index in [0.717, 1.165) is 0 Å². The second-order valence-electron chi connectivity index (χ2n) is 7.83. The zero-order valence-corrected chi connectivity index (χ0v) is 17.8. The van der Waals surface area contributed by atoms with Crippen LogP contribution in [0, 0.1) is 0 Å². The maximum atomic E-state index is 12.6. The third-order valence-corrected chi connectivity index (χ3v) is 5.62. The van der Waals surface area contributed by atoms with Gasteiger partial charge in [0, 0.05) is 55.6 Å². The molecule has 164 valence electrons. The SMILES string of the molecule is CC(=O)N1CCN(CC(=O)Nc2ccc(C(=O)/C=C3\C(=O)Nc4ccccc43)cc2)CC1. The van der Waals surface area contributed by atoms with Crippen molar-refractivity contribution < 1.29 is 19.2 Å². The Bertz CT molecular complexity index is 1100. The van der Waals surface area contributed by atoms with Gasteiger partial charge in [-0.25, -0.2) is 0 Å². The van der Waals surface area contributed by atoms with E-state index in [4.69, 9.17) is 0 Å². The van der Waals surface area contributed by atoms with Crippen molar-refractivity contribution in [1.82, 2.24) is 9.80 Å². The summed E-state index contributed by atoms with van der Waals surface area (Å²) in [6.07, 6.45) is 1.34. The molecule has 2 aromatic carbocycles. The molecular formula is C24H24N4O4. The van der Waals surface area contributed by atoms with Crippen LogP contribution in [0.25, 0.3) is 5.57 Å². The van der Waals surface area contributed by atoms with Gasteiger partial charge in [-0.2, -0.15) is 0 Å². The van der Waals surface area contributed by atoms with Gasteiger partial charge in [0.2, 0.25) is 11.8 Å². The molecule has 3 amide bonds. The van der Waals surface area contributed by atoms with Gasteiger partial charge in [0.25, 0.3) is 5.91 Å². The number of piperazine rings is 1.